The van der Waals surface area contributed by atoms with Gasteiger partial charge in [-0.3, -0.25) is 9.59 Å². The Hall–Kier alpha value is -3.34. The lowest BCUT2D eigenvalue weighted by molar-refractivity contribution is -0.116. The number of ether oxygens (including phenoxy) is 1. The third-order valence-electron chi connectivity index (χ3n) is 5.26. The van der Waals surface area contributed by atoms with Gasteiger partial charge in [-0.1, -0.05) is 36.4 Å². The van der Waals surface area contributed by atoms with Crippen LogP contribution in [0.5, 0.6) is 5.75 Å². The Bertz CT molecular complexity index is 1090. The Morgan fingerprint density at radius 3 is 2.72 bits per heavy atom. The highest BCUT2D eigenvalue weighted by atomic mass is 16.5. The smallest absolute Gasteiger partial charge is 0.260 e. The maximum atomic E-state index is 13.2. The Labute approximate surface area is 170 Å². The van der Waals surface area contributed by atoms with Gasteiger partial charge in [0.1, 0.15) is 5.75 Å². The van der Waals surface area contributed by atoms with Crippen molar-refractivity contribution in [1.82, 2.24) is 0 Å². The van der Waals surface area contributed by atoms with Crippen molar-refractivity contribution < 1.29 is 14.3 Å². The number of nitrogens with zero attached hydrogens (tertiary/aromatic N) is 1. The Balaban J connectivity index is 1.71. The minimum absolute atomic E-state index is 0.0158. The van der Waals surface area contributed by atoms with Crippen LogP contribution in [-0.2, 0) is 11.2 Å². The van der Waals surface area contributed by atoms with Gasteiger partial charge in [-0.2, -0.15) is 0 Å². The first-order valence-electron chi connectivity index (χ1n) is 9.95. The molecule has 0 saturated heterocycles. The van der Waals surface area contributed by atoms with Crippen LogP contribution in [0.25, 0.3) is 10.8 Å². The molecule has 2 amide bonds. The van der Waals surface area contributed by atoms with E-state index >= 15 is 0 Å². The molecule has 0 bridgehead atoms. The van der Waals surface area contributed by atoms with Gasteiger partial charge in [0.2, 0.25) is 5.91 Å². The predicted molar refractivity (Wildman–Crippen MR) is 116 cm³/mol. The Morgan fingerprint density at radius 2 is 1.93 bits per heavy atom. The second-order valence-electron chi connectivity index (χ2n) is 7.16. The van der Waals surface area contributed by atoms with Gasteiger partial charge in [0, 0.05) is 24.8 Å². The molecule has 0 radical (unpaired) electrons. The third-order valence-corrected chi connectivity index (χ3v) is 5.26. The number of anilines is 2. The monoisotopic (exact) mass is 388 g/mol. The normalized spacial score (nSPS) is 13.1. The van der Waals surface area contributed by atoms with E-state index in [1.165, 1.54) is 0 Å². The molecule has 0 aromatic heterocycles. The molecule has 0 saturated carbocycles. The summed E-state index contributed by atoms with van der Waals surface area (Å²) in [6, 6.07) is 17.3. The van der Waals surface area contributed by atoms with Crippen molar-refractivity contribution in [3.63, 3.8) is 0 Å². The number of carbonyl (C=O) groups is 2. The first kappa shape index (κ1) is 19.0. The maximum Gasteiger partial charge on any atom is 0.260 e. The summed E-state index contributed by atoms with van der Waals surface area (Å²) >= 11 is 0. The minimum Gasteiger partial charge on any atom is -0.493 e. The van der Waals surface area contributed by atoms with Crippen LogP contribution in [0.3, 0.4) is 0 Å². The molecule has 0 aliphatic carbocycles. The lowest BCUT2D eigenvalue weighted by Crippen LogP contribution is -2.33. The molecule has 148 valence electrons. The highest BCUT2D eigenvalue weighted by molar-refractivity contribution is 6.15. The minimum atomic E-state index is -0.226. The summed E-state index contributed by atoms with van der Waals surface area (Å²) in [7, 11) is 0. The van der Waals surface area contributed by atoms with Crippen LogP contribution in [0.2, 0.25) is 0 Å². The van der Waals surface area contributed by atoms with Gasteiger partial charge in [-0.25, -0.2) is 0 Å². The first-order valence-corrected chi connectivity index (χ1v) is 9.95. The zero-order valence-corrected chi connectivity index (χ0v) is 16.7. The molecule has 29 heavy (non-hydrogen) atoms. The number of hydrogen-bond acceptors (Lipinski definition) is 3. The number of benzene rings is 3. The topological polar surface area (TPSA) is 58.6 Å². The molecule has 0 atom stereocenters. The van der Waals surface area contributed by atoms with E-state index in [4.69, 9.17) is 4.74 Å². The molecule has 3 aromatic carbocycles. The number of aryl methyl sites for hydroxylation is 1. The number of carbonyl (C=O) groups excluding carboxylic acids is 2. The van der Waals surface area contributed by atoms with Crippen LogP contribution >= 0.6 is 0 Å². The van der Waals surface area contributed by atoms with Crippen LogP contribution < -0.4 is 15.0 Å². The average Bonchev–Trinajstić information content (AvgIpc) is 2.73. The second kappa shape index (κ2) is 7.95. The second-order valence-corrected chi connectivity index (χ2v) is 7.16. The molecule has 1 aliphatic rings. The van der Waals surface area contributed by atoms with E-state index in [-0.39, 0.29) is 11.8 Å². The molecule has 5 nitrogen and oxygen atoms in total. The highest BCUT2D eigenvalue weighted by Gasteiger charge is 2.22. The SMILES string of the molecule is CCOc1ccc2ccccc2c1C(=O)Nc1ccc2c(c1)N(C(C)=O)CCC2. The van der Waals surface area contributed by atoms with Crippen molar-refractivity contribution in [2.45, 2.75) is 26.7 Å². The van der Waals surface area contributed by atoms with Crippen molar-refractivity contribution in [3.05, 3.63) is 65.7 Å². The van der Waals surface area contributed by atoms with Gasteiger partial charge in [-0.05, 0) is 54.3 Å². The van der Waals surface area contributed by atoms with Gasteiger partial charge in [0.15, 0.2) is 0 Å². The summed E-state index contributed by atoms with van der Waals surface area (Å²) in [5, 5.41) is 4.83. The average molecular weight is 388 g/mol. The molecule has 1 heterocycles. The van der Waals surface area contributed by atoms with Gasteiger partial charge in [0.05, 0.1) is 12.2 Å². The molecule has 3 aromatic rings. The number of amides is 2. The standard InChI is InChI=1S/C24H24N2O3/c1-3-29-22-13-11-17-7-4-5-9-20(17)23(22)24(28)25-19-12-10-18-8-6-14-26(16(2)27)21(18)15-19/h4-5,7,9-13,15H,3,6,8,14H2,1-2H3,(H,25,28). The molecule has 0 unspecified atom stereocenters. The molecular weight excluding hydrogens is 364 g/mol. The van der Waals surface area contributed by atoms with Crippen LogP contribution in [0, 0.1) is 0 Å². The number of fused-ring (bicyclic) bond motifs is 2. The number of rotatable bonds is 4. The highest BCUT2D eigenvalue weighted by Crippen LogP contribution is 2.32. The van der Waals surface area contributed by atoms with Crippen molar-refractivity contribution in [2.24, 2.45) is 0 Å². The summed E-state index contributed by atoms with van der Waals surface area (Å²) in [4.78, 5) is 27.0. The first-order chi connectivity index (χ1) is 14.1. The van der Waals surface area contributed by atoms with Gasteiger partial charge < -0.3 is 15.0 Å². The molecule has 0 fully saturated rings. The summed E-state index contributed by atoms with van der Waals surface area (Å²) in [5.41, 5.74) is 3.19. The predicted octanol–water partition coefficient (Wildman–Crippen LogP) is 4.79. The van der Waals surface area contributed by atoms with E-state index in [0.717, 1.165) is 34.9 Å². The zero-order valence-electron chi connectivity index (χ0n) is 16.7. The van der Waals surface area contributed by atoms with Gasteiger partial charge in [0.25, 0.3) is 5.91 Å². The zero-order chi connectivity index (χ0) is 20.4. The van der Waals surface area contributed by atoms with Crippen molar-refractivity contribution >= 4 is 34.0 Å². The molecule has 1 aliphatic heterocycles. The van der Waals surface area contributed by atoms with Crippen LogP contribution in [0.1, 0.15) is 36.2 Å². The number of nitrogens with one attached hydrogen (secondary N) is 1. The maximum absolute atomic E-state index is 13.2. The summed E-state index contributed by atoms with van der Waals surface area (Å²) in [5.74, 6) is 0.351. The third kappa shape index (κ3) is 3.68. The lowest BCUT2D eigenvalue weighted by Gasteiger charge is -2.29. The summed E-state index contributed by atoms with van der Waals surface area (Å²) in [6.07, 6.45) is 1.89. The van der Waals surface area contributed by atoms with E-state index in [2.05, 4.69) is 5.32 Å². The van der Waals surface area contributed by atoms with Gasteiger partial charge in [-0.15, -0.1) is 0 Å². The van der Waals surface area contributed by atoms with Gasteiger partial charge >= 0.3 is 0 Å². The van der Waals surface area contributed by atoms with Crippen LogP contribution in [0.4, 0.5) is 11.4 Å². The fourth-order valence-corrected chi connectivity index (χ4v) is 3.93. The Morgan fingerprint density at radius 1 is 1.10 bits per heavy atom. The molecule has 0 spiro atoms. The number of hydrogen-bond donors (Lipinski definition) is 1. The fourth-order valence-electron chi connectivity index (χ4n) is 3.93. The van der Waals surface area contributed by atoms with Crippen LogP contribution in [-0.4, -0.2) is 25.0 Å². The quantitative estimate of drug-likeness (QED) is 0.699. The largest absolute Gasteiger partial charge is 0.493 e. The molecule has 4 rings (SSSR count). The molecule has 5 heteroatoms. The van der Waals surface area contributed by atoms with E-state index in [0.29, 0.717) is 30.2 Å². The van der Waals surface area contributed by atoms with Crippen molar-refractivity contribution in [3.8, 4) is 5.75 Å². The summed E-state index contributed by atoms with van der Waals surface area (Å²) < 4.78 is 5.73. The van der Waals surface area contributed by atoms with Crippen molar-refractivity contribution in [1.29, 1.82) is 0 Å². The van der Waals surface area contributed by atoms with E-state index in [1.807, 2.05) is 61.5 Å². The fraction of sp³-hybridized carbons (Fsp3) is 0.250. The van der Waals surface area contributed by atoms with E-state index in [9.17, 15) is 9.59 Å². The molecular formula is C24H24N2O3. The van der Waals surface area contributed by atoms with Crippen molar-refractivity contribution in [2.75, 3.05) is 23.4 Å². The summed E-state index contributed by atoms with van der Waals surface area (Å²) in [6.45, 7) is 4.66. The van der Waals surface area contributed by atoms with E-state index < -0.39 is 0 Å². The lowest BCUT2D eigenvalue weighted by atomic mass is 10.0. The molecule has 1 N–H and O–H groups in total. The van der Waals surface area contributed by atoms with E-state index in [1.54, 1.807) is 11.8 Å². The van der Waals surface area contributed by atoms with Crippen LogP contribution in [0.15, 0.2) is 54.6 Å². The Kier molecular flexibility index (Phi) is 5.21.